The Morgan fingerprint density at radius 1 is 0.920 bits per heavy atom. The summed E-state index contributed by atoms with van der Waals surface area (Å²) in [5.74, 6) is -1.32. The van der Waals surface area contributed by atoms with Crippen molar-refractivity contribution >= 4 is 40.8 Å². The lowest BCUT2D eigenvalue weighted by Crippen LogP contribution is -2.53. The third-order valence-corrected chi connectivity index (χ3v) is 11.3. The fourth-order valence-corrected chi connectivity index (χ4v) is 8.20. The second-order valence-corrected chi connectivity index (χ2v) is 14.6. The summed E-state index contributed by atoms with van der Waals surface area (Å²) in [6, 6.07) is 10.3. The standard InChI is InChI=1S/C36H47ClF3N7O3/c1-43-16-18-44(19-17-43)27-7-13-46(14-8-27)34(49)26(20-24-21-29(36(38,39)40)33(41)30(37)22-24)23-32(48)45-11-9-28(10-12-45)47-15-6-25-4-2-3-5-31(25)42-35(47)50/h2-5,21-22,26-28H,6-20,23,41H2,1H3,(H,42,50). The SMILES string of the molecule is CN1CCN(C2CCN(C(=O)C(CC(=O)N3CCC(N4CCc5ccccc5NC4=O)CC3)Cc3cc(Cl)c(N)c(C(F)(F)F)c3)CC2)CC1. The number of likely N-dealkylation sites (tertiary alicyclic amines) is 2. The number of amides is 4. The largest absolute Gasteiger partial charge is 0.418 e. The first kappa shape index (κ1) is 36.2. The number of rotatable bonds is 7. The van der Waals surface area contributed by atoms with Crippen LogP contribution in [0.3, 0.4) is 0 Å². The van der Waals surface area contributed by atoms with Gasteiger partial charge in [0.2, 0.25) is 11.8 Å². The van der Waals surface area contributed by atoms with Gasteiger partial charge in [-0.1, -0.05) is 29.8 Å². The number of anilines is 2. The molecule has 10 nitrogen and oxygen atoms in total. The third kappa shape index (κ3) is 8.32. The molecule has 0 spiro atoms. The van der Waals surface area contributed by atoms with Gasteiger partial charge in [-0.3, -0.25) is 14.5 Å². The molecule has 0 bridgehead atoms. The van der Waals surface area contributed by atoms with Crippen molar-refractivity contribution in [2.75, 3.05) is 77.0 Å². The number of nitrogens with zero attached hydrogens (tertiary/aromatic N) is 5. The number of alkyl halides is 3. The number of halogens is 4. The highest BCUT2D eigenvalue weighted by atomic mass is 35.5. The number of hydrogen-bond acceptors (Lipinski definition) is 6. The van der Waals surface area contributed by atoms with E-state index in [0.29, 0.717) is 51.6 Å². The molecule has 0 radical (unpaired) electrons. The first-order valence-corrected chi connectivity index (χ1v) is 18.0. The molecule has 0 aliphatic carbocycles. The second kappa shape index (κ2) is 15.4. The minimum absolute atomic E-state index is 0.0369. The maximum Gasteiger partial charge on any atom is 0.418 e. The third-order valence-electron chi connectivity index (χ3n) is 11.0. The van der Waals surface area contributed by atoms with Crippen LogP contribution in [0.2, 0.25) is 5.02 Å². The zero-order valence-electron chi connectivity index (χ0n) is 28.6. The lowest BCUT2D eigenvalue weighted by molar-refractivity contribution is -0.143. The first-order chi connectivity index (χ1) is 23.9. The minimum atomic E-state index is -4.72. The molecule has 2 aromatic carbocycles. The molecule has 272 valence electrons. The molecule has 2 aromatic rings. The van der Waals surface area contributed by atoms with E-state index in [1.54, 1.807) is 9.80 Å². The summed E-state index contributed by atoms with van der Waals surface area (Å²) in [6.45, 7) is 6.46. The van der Waals surface area contributed by atoms with E-state index in [1.165, 1.54) is 6.07 Å². The number of hydrogen-bond donors (Lipinski definition) is 2. The van der Waals surface area contributed by atoms with E-state index in [0.717, 1.165) is 62.8 Å². The maximum absolute atomic E-state index is 14.1. The van der Waals surface area contributed by atoms with E-state index in [1.807, 2.05) is 29.2 Å². The number of likely N-dealkylation sites (N-methyl/N-ethyl adjacent to an activating group) is 1. The first-order valence-electron chi connectivity index (χ1n) is 17.7. The fourth-order valence-electron chi connectivity index (χ4n) is 7.96. The van der Waals surface area contributed by atoms with E-state index in [2.05, 4.69) is 22.2 Å². The molecule has 4 aliphatic rings. The van der Waals surface area contributed by atoms with Gasteiger partial charge in [0.15, 0.2) is 0 Å². The van der Waals surface area contributed by atoms with Crippen LogP contribution in [0.1, 0.15) is 48.8 Å². The molecule has 4 heterocycles. The van der Waals surface area contributed by atoms with Gasteiger partial charge >= 0.3 is 12.2 Å². The zero-order chi connectivity index (χ0) is 35.6. The van der Waals surface area contributed by atoms with Crippen LogP contribution in [-0.2, 0) is 28.6 Å². The lowest BCUT2D eigenvalue weighted by Gasteiger charge is -2.42. The molecular formula is C36H47ClF3N7O3. The highest BCUT2D eigenvalue weighted by molar-refractivity contribution is 6.33. The summed E-state index contributed by atoms with van der Waals surface area (Å²) in [5.41, 5.74) is 6.19. The van der Waals surface area contributed by atoms with Crippen molar-refractivity contribution in [3.8, 4) is 0 Å². The Morgan fingerprint density at radius 3 is 2.24 bits per heavy atom. The van der Waals surface area contributed by atoms with Gasteiger partial charge in [0.25, 0.3) is 0 Å². The Morgan fingerprint density at radius 2 is 1.56 bits per heavy atom. The van der Waals surface area contributed by atoms with Crippen LogP contribution in [-0.4, -0.2) is 120 Å². The molecule has 14 heteroatoms. The van der Waals surface area contributed by atoms with Crippen LogP contribution in [0.5, 0.6) is 0 Å². The van der Waals surface area contributed by atoms with Crippen LogP contribution in [0, 0.1) is 5.92 Å². The molecule has 0 aromatic heterocycles. The van der Waals surface area contributed by atoms with Crippen LogP contribution < -0.4 is 11.1 Å². The molecule has 4 aliphatic heterocycles. The molecular weight excluding hydrogens is 671 g/mol. The van der Waals surface area contributed by atoms with Gasteiger partial charge in [0.1, 0.15) is 0 Å². The monoisotopic (exact) mass is 717 g/mol. The van der Waals surface area contributed by atoms with Crippen LogP contribution >= 0.6 is 11.6 Å². The summed E-state index contributed by atoms with van der Waals surface area (Å²) in [7, 11) is 2.11. The smallest absolute Gasteiger partial charge is 0.397 e. The highest BCUT2D eigenvalue weighted by Crippen LogP contribution is 2.38. The zero-order valence-corrected chi connectivity index (χ0v) is 29.3. The van der Waals surface area contributed by atoms with E-state index >= 15 is 0 Å². The molecule has 1 atom stereocenters. The number of fused-ring (bicyclic) bond motifs is 1. The Hall–Kier alpha value is -3.55. The summed E-state index contributed by atoms with van der Waals surface area (Å²) in [6.07, 6.45) is -1.39. The quantitative estimate of drug-likeness (QED) is 0.399. The van der Waals surface area contributed by atoms with Gasteiger partial charge in [0.05, 0.1) is 22.2 Å². The second-order valence-electron chi connectivity index (χ2n) is 14.2. The predicted molar refractivity (Wildman–Crippen MR) is 187 cm³/mol. The number of benzene rings is 2. The number of urea groups is 1. The predicted octanol–water partition coefficient (Wildman–Crippen LogP) is 4.81. The van der Waals surface area contributed by atoms with Gasteiger partial charge < -0.3 is 30.7 Å². The van der Waals surface area contributed by atoms with Crippen LogP contribution in [0.15, 0.2) is 36.4 Å². The van der Waals surface area contributed by atoms with Crippen molar-refractivity contribution in [1.82, 2.24) is 24.5 Å². The number of piperazine rings is 1. The van der Waals surface area contributed by atoms with E-state index in [4.69, 9.17) is 17.3 Å². The maximum atomic E-state index is 14.1. The summed E-state index contributed by atoms with van der Waals surface area (Å²) in [5, 5.41) is 2.78. The number of carbonyl (C=O) groups is 3. The van der Waals surface area contributed by atoms with Crippen molar-refractivity contribution in [3.05, 3.63) is 58.1 Å². The van der Waals surface area contributed by atoms with Crippen molar-refractivity contribution in [1.29, 1.82) is 0 Å². The molecule has 3 fully saturated rings. The van der Waals surface area contributed by atoms with Gasteiger partial charge in [-0.25, -0.2) is 4.79 Å². The van der Waals surface area contributed by atoms with Gasteiger partial charge in [-0.15, -0.1) is 0 Å². The topological polar surface area (TPSA) is 105 Å². The molecule has 1 unspecified atom stereocenters. The Bertz CT molecular complexity index is 1550. The Balaban J connectivity index is 1.12. The lowest BCUT2D eigenvalue weighted by atomic mass is 9.91. The van der Waals surface area contributed by atoms with Gasteiger partial charge in [-0.2, -0.15) is 13.2 Å². The van der Waals surface area contributed by atoms with Crippen molar-refractivity contribution in [2.45, 2.75) is 63.2 Å². The summed E-state index contributed by atoms with van der Waals surface area (Å²) < 4.78 is 41.5. The number of carbonyl (C=O) groups excluding carboxylic acids is 3. The number of para-hydroxylation sites is 1. The molecule has 4 amide bonds. The molecule has 0 saturated carbocycles. The molecule has 3 saturated heterocycles. The van der Waals surface area contributed by atoms with Crippen LogP contribution in [0.25, 0.3) is 0 Å². The fraction of sp³-hybridized carbons (Fsp3) is 0.583. The van der Waals surface area contributed by atoms with E-state index in [-0.39, 0.29) is 47.3 Å². The van der Waals surface area contributed by atoms with Crippen LogP contribution in [0.4, 0.5) is 29.3 Å². The molecule has 6 rings (SSSR count). The number of piperidine rings is 2. The Kier molecular flexibility index (Phi) is 11.1. The van der Waals surface area contributed by atoms with Gasteiger partial charge in [0, 0.05) is 83.1 Å². The number of nitrogens with one attached hydrogen (secondary N) is 1. The van der Waals surface area contributed by atoms with Crippen molar-refractivity contribution in [2.24, 2.45) is 5.92 Å². The minimum Gasteiger partial charge on any atom is -0.397 e. The number of nitrogen functional groups attached to an aromatic ring is 1. The average Bonchev–Trinajstić information content (AvgIpc) is 3.27. The Labute approximate surface area is 296 Å². The van der Waals surface area contributed by atoms with Crippen molar-refractivity contribution in [3.63, 3.8) is 0 Å². The summed E-state index contributed by atoms with van der Waals surface area (Å²) >= 11 is 6.15. The van der Waals surface area contributed by atoms with Gasteiger partial charge in [-0.05, 0) is 74.9 Å². The molecule has 3 N–H and O–H groups in total. The summed E-state index contributed by atoms with van der Waals surface area (Å²) in [4.78, 5) is 51.1. The highest BCUT2D eigenvalue weighted by Gasteiger charge is 2.38. The van der Waals surface area contributed by atoms with E-state index < -0.39 is 23.3 Å². The number of nitrogens with two attached hydrogens (primary N) is 1. The normalized spacial score (nSPS) is 21.1. The van der Waals surface area contributed by atoms with Crippen molar-refractivity contribution < 1.29 is 27.6 Å². The molecule has 50 heavy (non-hydrogen) atoms. The average molecular weight is 718 g/mol. The van der Waals surface area contributed by atoms with E-state index in [9.17, 15) is 27.6 Å².